The summed E-state index contributed by atoms with van der Waals surface area (Å²) in [7, 11) is 0. The minimum absolute atomic E-state index is 0.00795. The van der Waals surface area contributed by atoms with E-state index in [0.29, 0.717) is 25.7 Å². The van der Waals surface area contributed by atoms with Crippen LogP contribution in [0.2, 0.25) is 0 Å². The summed E-state index contributed by atoms with van der Waals surface area (Å²) < 4.78 is 9.60. The standard InChI is InChI=1S/C14H24O6/c1-3-8-12(16)19-14(18,10-6-5-7-11-15)20-13(17)9-4-2/h6,10,15,18H,3-5,7-9,11H2,1-2H3/b10-6+. The van der Waals surface area contributed by atoms with Crippen molar-refractivity contribution in [2.24, 2.45) is 0 Å². The average molecular weight is 288 g/mol. The molecule has 0 aromatic rings. The van der Waals surface area contributed by atoms with Crippen LogP contribution in [-0.2, 0) is 19.1 Å². The minimum Gasteiger partial charge on any atom is -0.396 e. The highest BCUT2D eigenvalue weighted by molar-refractivity contribution is 5.72. The zero-order valence-corrected chi connectivity index (χ0v) is 12.1. The molecular weight excluding hydrogens is 264 g/mol. The smallest absolute Gasteiger partial charge is 0.395 e. The van der Waals surface area contributed by atoms with E-state index in [1.807, 2.05) is 0 Å². The van der Waals surface area contributed by atoms with E-state index in [1.165, 1.54) is 6.08 Å². The fraction of sp³-hybridized carbons (Fsp3) is 0.714. The molecule has 0 saturated heterocycles. The van der Waals surface area contributed by atoms with Crippen molar-refractivity contribution in [3.8, 4) is 0 Å². The molecule has 0 aliphatic heterocycles. The Balaban J connectivity index is 4.68. The summed E-state index contributed by atoms with van der Waals surface area (Å²) in [4.78, 5) is 22.9. The van der Waals surface area contributed by atoms with Gasteiger partial charge in [-0.05, 0) is 25.7 Å². The molecule has 0 aliphatic carbocycles. The van der Waals surface area contributed by atoms with E-state index in [1.54, 1.807) is 13.8 Å². The first kappa shape index (κ1) is 18.6. The topological polar surface area (TPSA) is 93.1 Å². The molecule has 0 fully saturated rings. The summed E-state index contributed by atoms with van der Waals surface area (Å²) in [5.74, 6) is -3.66. The van der Waals surface area contributed by atoms with Crippen LogP contribution >= 0.6 is 0 Å². The third-order valence-electron chi connectivity index (χ3n) is 2.29. The van der Waals surface area contributed by atoms with Gasteiger partial charge in [0.05, 0.1) is 0 Å². The van der Waals surface area contributed by atoms with Crippen LogP contribution in [0.4, 0.5) is 0 Å². The van der Waals surface area contributed by atoms with Crippen LogP contribution in [0.3, 0.4) is 0 Å². The summed E-state index contributed by atoms with van der Waals surface area (Å²) in [6.45, 7) is 3.59. The van der Waals surface area contributed by atoms with Crippen molar-refractivity contribution in [2.45, 2.75) is 58.3 Å². The van der Waals surface area contributed by atoms with E-state index >= 15 is 0 Å². The van der Waals surface area contributed by atoms with Gasteiger partial charge in [0.1, 0.15) is 0 Å². The largest absolute Gasteiger partial charge is 0.396 e. The van der Waals surface area contributed by atoms with Gasteiger partial charge in [-0.25, -0.2) is 0 Å². The highest BCUT2D eigenvalue weighted by Crippen LogP contribution is 2.16. The van der Waals surface area contributed by atoms with E-state index in [2.05, 4.69) is 0 Å². The Morgan fingerprint density at radius 3 is 2.00 bits per heavy atom. The number of aliphatic hydroxyl groups is 2. The van der Waals surface area contributed by atoms with Crippen molar-refractivity contribution in [3.05, 3.63) is 12.2 Å². The van der Waals surface area contributed by atoms with E-state index in [0.717, 1.165) is 6.08 Å². The van der Waals surface area contributed by atoms with Gasteiger partial charge in [-0.1, -0.05) is 19.9 Å². The van der Waals surface area contributed by atoms with Gasteiger partial charge < -0.3 is 19.7 Å². The number of allylic oxidation sites excluding steroid dienone is 1. The molecule has 0 amide bonds. The van der Waals surface area contributed by atoms with Gasteiger partial charge in [-0.2, -0.15) is 0 Å². The molecule has 0 aliphatic rings. The van der Waals surface area contributed by atoms with Crippen molar-refractivity contribution in [2.75, 3.05) is 6.61 Å². The van der Waals surface area contributed by atoms with Crippen molar-refractivity contribution in [1.29, 1.82) is 0 Å². The molecule has 0 unspecified atom stereocenters. The lowest BCUT2D eigenvalue weighted by Crippen LogP contribution is -2.38. The van der Waals surface area contributed by atoms with Crippen LogP contribution in [-0.4, -0.2) is 34.7 Å². The Morgan fingerprint density at radius 2 is 1.60 bits per heavy atom. The monoisotopic (exact) mass is 288 g/mol. The molecule has 6 heteroatoms. The number of carbonyl (C=O) groups excluding carboxylic acids is 2. The molecule has 0 aromatic carbocycles. The summed E-state index contributed by atoms with van der Waals surface area (Å²) in [6, 6.07) is 0. The summed E-state index contributed by atoms with van der Waals surface area (Å²) in [5.41, 5.74) is 0. The lowest BCUT2D eigenvalue weighted by molar-refractivity contribution is -0.296. The molecule has 0 aromatic heterocycles. The zero-order chi connectivity index (χ0) is 15.4. The molecule has 0 radical (unpaired) electrons. The van der Waals surface area contributed by atoms with E-state index in [4.69, 9.17) is 14.6 Å². The number of carbonyl (C=O) groups is 2. The van der Waals surface area contributed by atoms with Crippen molar-refractivity contribution < 1.29 is 29.3 Å². The maximum Gasteiger partial charge on any atom is 0.395 e. The Kier molecular flexibility index (Phi) is 9.67. The summed E-state index contributed by atoms with van der Waals surface area (Å²) >= 11 is 0. The molecular formula is C14H24O6. The van der Waals surface area contributed by atoms with Gasteiger partial charge in [-0.15, -0.1) is 0 Å². The maximum absolute atomic E-state index is 11.4. The molecule has 0 atom stereocenters. The average Bonchev–Trinajstić information content (AvgIpc) is 2.35. The maximum atomic E-state index is 11.4. The summed E-state index contributed by atoms with van der Waals surface area (Å²) in [5, 5.41) is 18.7. The number of ether oxygens (including phenoxy) is 2. The first-order valence-corrected chi connectivity index (χ1v) is 6.92. The van der Waals surface area contributed by atoms with Gasteiger partial charge in [0, 0.05) is 25.5 Å². The van der Waals surface area contributed by atoms with Crippen LogP contribution < -0.4 is 0 Å². The highest BCUT2D eigenvalue weighted by Gasteiger charge is 2.33. The molecule has 20 heavy (non-hydrogen) atoms. The molecule has 0 heterocycles. The van der Waals surface area contributed by atoms with Gasteiger partial charge in [-0.3, -0.25) is 9.59 Å². The lowest BCUT2D eigenvalue weighted by atomic mass is 10.3. The first-order valence-electron chi connectivity index (χ1n) is 6.92. The van der Waals surface area contributed by atoms with Gasteiger partial charge in [0.25, 0.3) is 0 Å². The molecule has 0 bridgehead atoms. The van der Waals surface area contributed by atoms with E-state index in [-0.39, 0.29) is 19.4 Å². The Bertz CT molecular complexity index is 304. The normalized spacial score (nSPS) is 11.6. The Morgan fingerprint density at radius 1 is 1.10 bits per heavy atom. The quantitative estimate of drug-likeness (QED) is 0.275. The third kappa shape index (κ3) is 8.66. The number of hydrogen-bond acceptors (Lipinski definition) is 6. The predicted molar refractivity (Wildman–Crippen MR) is 72.4 cm³/mol. The second-order valence-corrected chi connectivity index (χ2v) is 4.35. The van der Waals surface area contributed by atoms with Crippen LogP contribution in [0.1, 0.15) is 52.4 Å². The molecule has 6 nitrogen and oxygen atoms in total. The number of unbranched alkanes of at least 4 members (excludes halogenated alkanes) is 1. The second-order valence-electron chi connectivity index (χ2n) is 4.35. The lowest BCUT2D eigenvalue weighted by Gasteiger charge is -2.23. The fourth-order valence-corrected chi connectivity index (χ4v) is 1.37. The number of aliphatic hydroxyl groups excluding tert-OH is 1. The van der Waals surface area contributed by atoms with Gasteiger partial charge in [0.15, 0.2) is 0 Å². The molecule has 116 valence electrons. The first-order chi connectivity index (χ1) is 9.47. The number of esters is 2. The van der Waals surface area contributed by atoms with Gasteiger partial charge in [0.2, 0.25) is 0 Å². The minimum atomic E-state index is -2.37. The van der Waals surface area contributed by atoms with Crippen LogP contribution in [0.15, 0.2) is 12.2 Å². The fourth-order valence-electron chi connectivity index (χ4n) is 1.37. The van der Waals surface area contributed by atoms with Crippen molar-refractivity contribution in [3.63, 3.8) is 0 Å². The molecule has 0 rings (SSSR count). The molecule has 0 spiro atoms. The van der Waals surface area contributed by atoms with E-state index in [9.17, 15) is 14.7 Å². The zero-order valence-electron chi connectivity index (χ0n) is 12.1. The molecule has 2 N–H and O–H groups in total. The van der Waals surface area contributed by atoms with Crippen LogP contribution in [0, 0.1) is 0 Å². The van der Waals surface area contributed by atoms with Crippen LogP contribution in [0.5, 0.6) is 0 Å². The summed E-state index contributed by atoms with van der Waals surface area (Å²) in [6.07, 6.45) is 4.95. The van der Waals surface area contributed by atoms with Crippen molar-refractivity contribution >= 4 is 11.9 Å². The Labute approximate surface area is 119 Å². The second kappa shape index (κ2) is 10.4. The SMILES string of the molecule is CCCC(=O)OC(O)(/C=C/CCCO)OC(=O)CCC. The predicted octanol–water partition coefficient (Wildman–Crippen LogP) is 1.65. The van der Waals surface area contributed by atoms with Crippen molar-refractivity contribution in [1.82, 2.24) is 0 Å². The Hall–Kier alpha value is -1.40. The molecule has 0 saturated carbocycles. The van der Waals surface area contributed by atoms with Crippen LogP contribution in [0.25, 0.3) is 0 Å². The number of hydrogen-bond donors (Lipinski definition) is 2. The third-order valence-corrected chi connectivity index (χ3v) is 2.29. The van der Waals surface area contributed by atoms with Gasteiger partial charge >= 0.3 is 17.9 Å². The number of rotatable bonds is 10. The van der Waals surface area contributed by atoms with E-state index < -0.39 is 17.9 Å². The highest BCUT2D eigenvalue weighted by atomic mass is 16.8.